The van der Waals surface area contributed by atoms with Crippen molar-refractivity contribution in [2.75, 3.05) is 65.9 Å². The zero-order valence-electron chi connectivity index (χ0n) is 65.2. The monoisotopic (exact) mass is 1560 g/mol. The van der Waals surface area contributed by atoms with Crippen molar-refractivity contribution in [1.82, 2.24) is 21.3 Å². The summed E-state index contributed by atoms with van der Waals surface area (Å²) in [5, 5.41) is 10.1. The molecule has 6 N–H and O–H groups in total. The summed E-state index contributed by atoms with van der Waals surface area (Å²) >= 11 is 0. The maximum Gasteiger partial charge on any atom is 0.472 e. The number of terminal acetylenes is 2. The molecule has 0 saturated heterocycles. The lowest BCUT2D eigenvalue weighted by molar-refractivity contribution is -0.144. The van der Waals surface area contributed by atoms with Crippen molar-refractivity contribution in [1.29, 1.82) is 0 Å². The van der Waals surface area contributed by atoms with E-state index in [0.29, 0.717) is 25.7 Å². The SMILES string of the molecule is C#CC#CC#CC#CC#CC#CC(=O)O[C@H](CCCCCCC)CCOC[C@H](COP(=O)(O)OCCNC(=O)NCCOP(=O)(O)OC[C@@H](COCC[C@@H](CCCCCCC)OC(=O)C#CC#CC#CC#CC#CC#C)NC(=O)CC(=O)CCCCCCCCCCC)NC(=O)CC(=O)CCCCCCCCCCC. The normalized spacial score (nSPS) is 12.1. The summed E-state index contributed by atoms with van der Waals surface area (Å²) in [4.78, 5) is 112. The minimum absolute atomic E-state index is 0.0134. The summed E-state index contributed by atoms with van der Waals surface area (Å²) < 4.78 is 70.1. The summed E-state index contributed by atoms with van der Waals surface area (Å²) in [6.07, 6.45) is 38.3. The average Bonchev–Trinajstić information content (AvgIpc) is 0.906. The number of phosphoric ester groups is 2. The van der Waals surface area contributed by atoms with Crippen molar-refractivity contribution < 1.29 is 89.5 Å². The predicted octanol–water partition coefficient (Wildman–Crippen LogP) is 11.9. The quantitative estimate of drug-likeness (QED) is 0.00823. The van der Waals surface area contributed by atoms with Crippen molar-refractivity contribution in [3.63, 3.8) is 0 Å². The topological polar surface area (TPSA) is 316 Å². The third-order valence-corrected chi connectivity index (χ3v) is 17.8. The minimum Gasteiger partial charge on any atom is -0.453 e. The lowest BCUT2D eigenvalue weighted by Gasteiger charge is -2.22. The lowest BCUT2D eigenvalue weighted by Crippen LogP contribution is -2.42. The smallest absolute Gasteiger partial charge is 0.453 e. The molecule has 23 nitrogen and oxygen atoms in total. The fraction of sp³-hybridized carbons (Fsp3) is 0.635. The van der Waals surface area contributed by atoms with Crippen LogP contribution in [0, 0.1) is 143 Å². The van der Waals surface area contributed by atoms with Crippen molar-refractivity contribution in [3.05, 3.63) is 0 Å². The highest BCUT2D eigenvalue weighted by Crippen LogP contribution is 2.44. The van der Waals surface area contributed by atoms with E-state index in [4.69, 9.17) is 49.9 Å². The van der Waals surface area contributed by atoms with Gasteiger partial charge < -0.3 is 50.0 Å². The van der Waals surface area contributed by atoms with Gasteiger partial charge in [-0.25, -0.2) is 23.5 Å². The lowest BCUT2D eigenvalue weighted by atomic mass is 10.0. The van der Waals surface area contributed by atoms with Gasteiger partial charge in [0.2, 0.25) is 11.8 Å². The molecule has 0 heterocycles. The summed E-state index contributed by atoms with van der Waals surface area (Å²) in [6, 6.07) is -2.95. The first-order valence-corrected chi connectivity index (χ1v) is 41.7. The van der Waals surface area contributed by atoms with E-state index in [1.807, 2.05) is 0 Å². The molecule has 0 aliphatic heterocycles. The largest absolute Gasteiger partial charge is 0.472 e. The standard InChI is InChI=1S/C85H116N4O19P2/c1-7-13-19-25-29-33-37-41-47-53-59-83(94)107-79(57-51-43-23-17-11-5)61-65-101-71-75(88-81(92)69-77(90)55-49-45-39-35-31-27-21-15-9-3)73-105-109(97,98)103-67-63-86-85(96)87-64-68-104-110(99,100)106-74-76(89-82(93)70-78(91)56-50-46-40-36-32-28-22-16-10-4)72-102-66-62-80(58-52-44-24-18-12-6)108-84(95)60-54-48-42-38-34-30-26-20-14-8-2/h1-2,75-76,79-80H,9-12,15-18,21-24,27-28,31-32,35-36,39-40,43-46,49-52,55-58,61-74H2,3-6H3,(H,88,92)(H,89,93)(H,97,98)(H,99,100)(H2,86,87,96)/t75-,76-,79-,80-/m1/s1. The molecule has 600 valence electrons. The maximum absolute atomic E-state index is 13.2. The van der Waals surface area contributed by atoms with Crippen LogP contribution in [-0.4, -0.2) is 141 Å². The van der Waals surface area contributed by atoms with Crippen molar-refractivity contribution in [2.45, 2.75) is 283 Å². The molecule has 0 aliphatic rings. The molecule has 0 aromatic rings. The number of Topliss-reactive ketones (excluding diaryl/α,β-unsaturated/α-hetero) is 2. The van der Waals surface area contributed by atoms with Gasteiger partial charge in [0.25, 0.3) is 0 Å². The molecule has 6 atom stereocenters. The van der Waals surface area contributed by atoms with E-state index in [1.54, 1.807) is 0 Å². The molecular formula is C85H116N4O19P2. The van der Waals surface area contributed by atoms with Gasteiger partial charge in [-0.3, -0.25) is 37.3 Å². The van der Waals surface area contributed by atoms with E-state index in [-0.39, 0.29) is 76.8 Å². The Morgan fingerprint density at radius 2 is 0.645 bits per heavy atom. The number of unbranched alkanes of at least 4 members (excludes halogenated alkanes) is 24. The number of carbonyl (C=O) groups is 7. The number of ketones is 2. The Kier molecular flexibility index (Phi) is 67.4. The number of nitrogens with one attached hydrogen (secondary N) is 4. The molecule has 0 rings (SSSR count). The van der Waals surface area contributed by atoms with E-state index in [1.165, 1.54) is 51.4 Å². The second kappa shape index (κ2) is 73.2. The van der Waals surface area contributed by atoms with Crippen LogP contribution < -0.4 is 21.3 Å². The second-order valence-corrected chi connectivity index (χ2v) is 28.4. The van der Waals surface area contributed by atoms with Gasteiger partial charge in [-0.15, -0.1) is 12.8 Å². The van der Waals surface area contributed by atoms with Crippen LogP contribution >= 0.6 is 15.6 Å². The van der Waals surface area contributed by atoms with Gasteiger partial charge in [-0.05, 0) is 157 Å². The van der Waals surface area contributed by atoms with E-state index >= 15 is 0 Å². The molecule has 0 aliphatic carbocycles. The maximum atomic E-state index is 13.2. The highest BCUT2D eigenvalue weighted by Gasteiger charge is 2.28. The molecule has 0 radical (unpaired) electrons. The third kappa shape index (κ3) is 69.8. The molecule has 0 fully saturated rings. The van der Waals surface area contributed by atoms with Gasteiger partial charge in [0.05, 0.1) is 77.8 Å². The van der Waals surface area contributed by atoms with Crippen LogP contribution in [0.25, 0.3) is 0 Å². The predicted molar refractivity (Wildman–Crippen MR) is 424 cm³/mol. The fourth-order valence-corrected chi connectivity index (χ4v) is 11.7. The Hall–Kier alpha value is -8.65. The van der Waals surface area contributed by atoms with Crippen LogP contribution in [0.5, 0.6) is 0 Å². The number of esters is 2. The van der Waals surface area contributed by atoms with Gasteiger partial charge in [0.15, 0.2) is 0 Å². The first kappa shape index (κ1) is 101. The fourth-order valence-electron chi connectivity index (χ4n) is 10.2. The van der Waals surface area contributed by atoms with Crippen LogP contribution in [0.15, 0.2) is 0 Å². The molecule has 0 aromatic carbocycles. The number of hydrogen-bond acceptors (Lipinski definition) is 17. The summed E-state index contributed by atoms with van der Waals surface area (Å²) in [7, 11) is -9.73. The first-order valence-electron chi connectivity index (χ1n) is 38.7. The number of amides is 4. The van der Waals surface area contributed by atoms with Crippen molar-refractivity contribution >= 4 is 57.0 Å². The molecule has 2 unspecified atom stereocenters. The molecule has 110 heavy (non-hydrogen) atoms. The Bertz CT molecular complexity index is 3360. The number of hydrogen-bond donors (Lipinski definition) is 6. The van der Waals surface area contributed by atoms with Gasteiger partial charge in [-0.2, -0.15) is 0 Å². The zero-order valence-corrected chi connectivity index (χ0v) is 67.0. The summed E-state index contributed by atoms with van der Waals surface area (Å²) in [5.74, 6) is 49.1. The second-order valence-electron chi connectivity index (χ2n) is 25.5. The Morgan fingerprint density at radius 3 is 0.964 bits per heavy atom. The zero-order chi connectivity index (χ0) is 80.9. The molecule has 25 heteroatoms. The van der Waals surface area contributed by atoms with E-state index in [9.17, 15) is 52.5 Å². The first-order chi connectivity index (χ1) is 53.3. The van der Waals surface area contributed by atoms with Crippen molar-refractivity contribution in [3.8, 4) is 143 Å². The van der Waals surface area contributed by atoms with Crippen LogP contribution in [0.2, 0.25) is 0 Å². The van der Waals surface area contributed by atoms with Crippen LogP contribution in [0.4, 0.5) is 4.79 Å². The summed E-state index contributed by atoms with van der Waals surface area (Å²) in [5.41, 5.74) is 0. The number of urea groups is 1. The number of phosphoric acid groups is 2. The van der Waals surface area contributed by atoms with Crippen LogP contribution in [0.3, 0.4) is 0 Å². The number of carbonyl (C=O) groups excluding carboxylic acids is 7. The highest BCUT2D eigenvalue weighted by molar-refractivity contribution is 7.47. The van der Waals surface area contributed by atoms with Gasteiger partial charge >= 0.3 is 33.6 Å². The number of rotatable bonds is 64. The third-order valence-electron chi connectivity index (χ3n) is 15.8. The molecular weight excluding hydrogens is 1440 g/mol. The van der Waals surface area contributed by atoms with E-state index in [0.717, 1.165) is 116 Å². The molecule has 0 aromatic heterocycles. The Balaban J connectivity index is 5.89. The highest BCUT2D eigenvalue weighted by atomic mass is 31.2. The Morgan fingerprint density at radius 1 is 0.355 bits per heavy atom. The van der Waals surface area contributed by atoms with E-state index in [2.05, 4.69) is 179 Å². The minimum atomic E-state index is -4.86. The summed E-state index contributed by atoms with van der Waals surface area (Å²) in [6.45, 7) is 5.08. The molecule has 0 spiro atoms. The van der Waals surface area contributed by atoms with Gasteiger partial charge in [0.1, 0.15) is 23.8 Å². The van der Waals surface area contributed by atoms with Crippen LogP contribution in [-0.2, 0) is 74.9 Å². The average molecular weight is 1560 g/mol. The molecule has 0 bridgehead atoms. The molecule has 4 amide bonds. The van der Waals surface area contributed by atoms with Crippen molar-refractivity contribution in [2.24, 2.45) is 0 Å². The van der Waals surface area contributed by atoms with Crippen LogP contribution in [0.1, 0.15) is 259 Å². The number of ether oxygens (including phenoxy) is 4. The Labute approximate surface area is 656 Å². The van der Waals surface area contributed by atoms with E-state index < -0.39 is 109 Å². The van der Waals surface area contributed by atoms with Gasteiger partial charge in [-0.1, -0.05) is 182 Å². The van der Waals surface area contributed by atoms with Gasteiger partial charge in [0, 0.05) is 50.6 Å². The molecule has 0 saturated carbocycles.